The third-order valence-corrected chi connectivity index (χ3v) is 5.72. The summed E-state index contributed by atoms with van der Waals surface area (Å²) in [5.74, 6) is 1.33. The summed E-state index contributed by atoms with van der Waals surface area (Å²) in [4.78, 5) is 30.3. The first-order valence-electron chi connectivity index (χ1n) is 10.4. The van der Waals surface area contributed by atoms with E-state index in [2.05, 4.69) is 11.9 Å². The van der Waals surface area contributed by atoms with E-state index in [-0.39, 0.29) is 25.0 Å². The Morgan fingerprint density at radius 1 is 1.17 bits per heavy atom. The van der Waals surface area contributed by atoms with Gasteiger partial charge in [0.1, 0.15) is 0 Å². The number of esters is 1. The highest BCUT2D eigenvalue weighted by Gasteiger charge is 2.25. The number of hydrogen-bond donors (Lipinski definition) is 0. The molecular formula is C23H30N2O4. The number of rotatable bonds is 7. The Labute approximate surface area is 172 Å². The predicted octanol–water partition coefficient (Wildman–Crippen LogP) is 4.16. The highest BCUT2D eigenvalue weighted by Crippen LogP contribution is 2.26. The molecule has 6 nitrogen and oxygen atoms in total. The van der Waals surface area contributed by atoms with Gasteiger partial charge in [0.2, 0.25) is 0 Å². The molecule has 2 aromatic rings. The second-order valence-corrected chi connectivity index (χ2v) is 8.06. The minimum atomic E-state index is -0.417. The minimum absolute atomic E-state index is 0.131. The molecule has 156 valence electrons. The summed E-state index contributed by atoms with van der Waals surface area (Å²) in [7, 11) is 1.80. The summed E-state index contributed by atoms with van der Waals surface area (Å²) in [5.41, 5.74) is 2.12. The smallest absolute Gasteiger partial charge is 0.306 e. The number of nitrogens with zero attached hydrogens (tertiary/aromatic N) is 2. The van der Waals surface area contributed by atoms with E-state index in [1.807, 2.05) is 31.2 Å². The Kier molecular flexibility index (Phi) is 7.07. The van der Waals surface area contributed by atoms with Crippen molar-refractivity contribution >= 4 is 11.9 Å². The van der Waals surface area contributed by atoms with Crippen LogP contribution in [-0.2, 0) is 20.7 Å². The van der Waals surface area contributed by atoms with Crippen molar-refractivity contribution in [1.82, 2.24) is 9.88 Å². The lowest BCUT2D eigenvalue weighted by Crippen LogP contribution is -2.41. The van der Waals surface area contributed by atoms with Gasteiger partial charge in [-0.25, -0.2) is 4.98 Å². The molecule has 1 heterocycles. The molecule has 3 rings (SSSR count). The van der Waals surface area contributed by atoms with Crippen LogP contribution in [0.25, 0.3) is 11.3 Å². The lowest BCUT2D eigenvalue weighted by molar-refractivity contribution is -0.152. The number of benzene rings is 1. The molecule has 1 aliphatic rings. The van der Waals surface area contributed by atoms with Gasteiger partial charge in [-0.05, 0) is 38.5 Å². The van der Waals surface area contributed by atoms with Crippen LogP contribution in [0, 0.1) is 12.8 Å². The molecule has 0 N–H and O–H groups in total. The predicted molar refractivity (Wildman–Crippen MR) is 110 cm³/mol. The van der Waals surface area contributed by atoms with E-state index >= 15 is 0 Å². The van der Waals surface area contributed by atoms with Crippen molar-refractivity contribution in [1.29, 1.82) is 0 Å². The zero-order valence-corrected chi connectivity index (χ0v) is 17.5. The monoisotopic (exact) mass is 398 g/mol. The summed E-state index contributed by atoms with van der Waals surface area (Å²) < 4.78 is 10.9. The molecule has 1 aromatic heterocycles. The van der Waals surface area contributed by atoms with Crippen molar-refractivity contribution in [3.05, 3.63) is 41.9 Å². The number of aromatic nitrogens is 1. The number of hydrogen-bond acceptors (Lipinski definition) is 5. The lowest BCUT2D eigenvalue weighted by atomic mass is 9.87. The zero-order chi connectivity index (χ0) is 20.8. The molecule has 0 atom stereocenters. The fourth-order valence-electron chi connectivity index (χ4n) is 3.64. The summed E-state index contributed by atoms with van der Waals surface area (Å²) in [5, 5.41) is 0. The third kappa shape index (κ3) is 5.92. The van der Waals surface area contributed by atoms with E-state index in [1.165, 1.54) is 5.56 Å². The molecule has 0 bridgehead atoms. The lowest BCUT2D eigenvalue weighted by Gasteiger charge is -2.33. The van der Waals surface area contributed by atoms with Gasteiger partial charge in [-0.15, -0.1) is 0 Å². The second-order valence-electron chi connectivity index (χ2n) is 8.06. The normalized spacial score (nSPS) is 19.0. The average Bonchev–Trinajstić information content (AvgIpc) is 3.20. The first-order chi connectivity index (χ1) is 13.9. The van der Waals surface area contributed by atoms with Gasteiger partial charge in [-0.2, -0.15) is 0 Å². The Hall–Kier alpha value is -2.63. The van der Waals surface area contributed by atoms with Crippen LogP contribution >= 0.6 is 0 Å². The number of amides is 1. The average molecular weight is 399 g/mol. The molecule has 1 fully saturated rings. The Bertz CT molecular complexity index is 820. The van der Waals surface area contributed by atoms with Crippen molar-refractivity contribution in [3.8, 4) is 11.3 Å². The van der Waals surface area contributed by atoms with Crippen LogP contribution in [-0.4, -0.2) is 41.5 Å². The molecular weight excluding hydrogens is 368 g/mol. The highest BCUT2D eigenvalue weighted by molar-refractivity contribution is 5.80. The molecule has 29 heavy (non-hydrogen) atoms. The number of aryl methyl sites for hydroxylation is 2. The second kappa shape index (κ2) is 9.72. The zero-order valence-electron chi connectivity index (χ0n) is 17.5. The van der Waals surface area contributed by atoms with Gasteiger partial charge in [-0.1, -0.05) is 36.8 Å². The molecule has 1 amide bonds. The van der Waals surface area contributed by atoms with E-state index in [0.29, 0.717) is 18.1 Å². The maximum atomic E-state index is 12.3. The van der Waals surface area contributed by atoms with Gasteiger partial charge in [0.05, 0.1) is 12.6 Å². The van der Waals surface area contributed by atoms with Crippen LogP contribution in [0.3, 0.4) is 0 Å². The van der Waals surface area contributed by atoms with Crippen LogP contribution < -0.4 is 0 Å². The van der Waals surface area contributed by atoms with Crippen molar-refractivity contribution in [2.24, 2.45) is 5.92 Å². The van der Waals surface area contributed by atoms with Crippen molar-refractivity contribution in [2.75, 3.05) is 13.7 Å². The van der Waals surface area contributed by atoms with Crippen LogP contribution in [0.1, 0.15) is 50.5 Å². The summed E-state index contributed by atoms with van der Waals surface area (Å²) in [6, 6.07) is 8.23. The van der Waals surface area contributed by atoms with Gasteiger partial charge in [0.25, 0.3) is 5.91 Å². The summed E-state index contributed by atoms with van der Waals surface area (Å²) in [6.45, 7) is 4.07. The van der Waals surface area contributed by atoms with Crippen LogP contribution in [0.5, 0.6) is 0 Å². The van der Waals surface area contributed by atoms with E-state index < -0.39 is 5.97 Å². The van der Waals surface area contributed by atoms with Crippen LogP contribution in [0.4, 0.5) is 0 Å². The van der Waals surface area contributed by atoms with Crippen LogP contribution in [0.2, 0.25) is 0 Å². The first kappa shape index (κ1) is 21.1. The molecule has 1 aliphatic carbocycles. The number of ether oxygens (including phenoxy) is 1. The Morgan fingerprint density at radius 3 is 2.55 bits per heavy atom. The minimum Gasteiger partial charge on any atom is -0.456 e. The van der Waals surface area contributed by atoms with Crippen LogP contribution in [0.15, 0.2) is 34.9 Å². The quantitative estimate of drug-likeness (QED) is 0.655. The Morgan fingerprint density at radius 2 is 1.86 bits per heavy atom. The van der Waals surface area contributed by atoms with Gasteiger partial charge in [0.15, 0.2) is 18.3 Å². The first-order valence-corrected chi connectivity index (χ1v) is 10.4. The van der Waals surface area contributed by atoms with Crippen molar-refractivity contribution in [3.63, 3.8) is 0 Å². The van der Waals surface area contributed by atoms with E-state index in [0.717, 1.165) is 37.2 Å². The molecule has 0 spiro atoms. The molecule has 0 saturated heterocycles. The molecule has 0 radical (unpaired) electrons. The maximum absolute atomic E-state index is 12.3. The molecule has 0 aliphatic heterocycles. The summed E-state index contributed by atoms with van der Waals surface area (Å²) >= 11 is 0. The van der Waals surface area contributed by atoms with E-state index in [4.69, 9.17) is 9.15 Å². The molecule has 6 heteroatoms. The maximum Gasteiger partial charge on any atom is 0.306 e. The molecule has 1 saturated carbocycles. The molecule has 0 unspecified atom stereocenters. The number of carbonyl (C=O) groups excluding carboxylic acids is 2. The summed E-state index contributed by atoms with van der Waals surface area (Å²) in [6.07, 6.45) is 6.46. The topological polar surface area (TPSA) is 72.6 Å². The number of carbonyl (C=O) groups is 2. The fourth-order valence-corrected chi connectivity index (χ4v) is 3.64. The SMILES string of the molecule is Cc1ccc(-c2cnc(CCC(=O)OCC(=O)N(C)C3CCC(C)CC3)o2)cc1. The van der Waals surface area contributed by atoms with Gasteiger partial charge >= 0.3 is 5.97 Å². The largest absolute Gasteiger partial charge is 0.456 e. The third-order valence-electron chi connectivity index (χ3n) is 5.72. The van der Waals surface area contributed by atoms with Crippen molar-refractivity contribution in [2.45, 2.75) is 58.4 Å². The van der Waals surface area contributed by atoms with Gasteiger partial charge in [0, 0.05) is 25.1 Å². The standard InChI is InChI=1S/C23H30N2O4/c1-16-4-8-18(9-5-16)20-14-24-21(29-20)12-13-23(27)28-15-22(26)25(3)19-10-6-17(2)7-11-19/h4-5,8-9,14,17,19H,6-7,10-13,15H2,1-3H3. The highest BCUT2D eigenvalue weighted by atomic mass is 16.5. The van der Waals surface area contributed by atoms with E-state index in [9.17, 15) is 9.59 Å². The van der Waals surface area contributed by atoms with Gasteiger partial charge in [-0.3, -0.25) is 9.59 Å². The molecule has 1 aromatic carbocycles. The van der Waals surface area contributed by atoms with Gasteiger partial charge < -0.3 is 14.1 Å². The van der Waals surface area contributed by atoms with Crippen molar-refractivity contribution < 1.29 is 18.7 Å². The van der Waals surface area contributed by atoms with E-state index in [1.54, 1.807) is 18.1 Å². The Balaban J connectivity index is 1.41. The number of oxazole rings is 1. The fraction of sp³-hybridized carbons (Fsp3) is 0.522. The number of likely N-dealkylation sites (N-methyl/N-ethyl adjacent to an activating group) is 1.